The molecule has 2 atom stereocenters. The van der Waals surface area contributed by atoms with Gasteiger partial charge in [0.15, 0.2) is 0 Å². The molecule has 0 aliphatic heterocycles. The fourth-order valence-corrected chi connectivity index (χ4v) is 7.12. The number of rotatable bonds is 5. The fraction of sp³-hybridized carbons (Fsp3) is 0.450. The second kappa shape index (κ2) is 9.29. The Morgan fingerprint density at radius 3 is 2.83 bits per heavy atom. The van der Waals surface area contributed by atoms with Gasteiger partial charge in [-0.05, 0) is 40.2 Å². The minimum Gasteiger partial charge on any atom is -0.379 e. The molecule has 1 aliphatic carbocycles. The molecule has 0 saturated heterocycles. The van der Waals surface area contributed by atoms with Crippen molar-refractivity contribution in [2.24, 2.45) is 0 Å². The van der Waals surface area contributed by atoms with Crippen molar-refractivity contribution in [2.45, 2.75) is 57.0 Å². The van der Waals surface area contributed by atoms with Crippen molar-refractivity contribution in [3.05, 3.63) is 53.1 Å². The molecule has 0 spiro atoms. The van der Waals surface area contributed by atoms with Gasteiger partial charge in [-0.2, -0.15) is 0 Å². The van der Waals surface area contributed by atoms with Crippen LogP contribution in [0, 0.1) is 10.1 Å². The quantitative estimate of drug-likeness (QED) is 0.218. The second-order valence-electron chi connectivity index (χ2n) is 7.33. The van der Waals surface area contributed by atoms with Crippen LogP contribution in [-0.2, 0) is 6.54 Å². The Hall–Kier alpha value is -1.22. The van der Waals surface area contributed by atoms with Gasteiger partial charge < -0.3 is 5.32 Å². The molecule has 3 aromatic heterocycles. The van der Waals surface area contributed by atoms with Crippen LogP contribution in [0.5, 0.6) is 0 Å². The van der Waals surface area contributed by atoms with Crippen LogP contribution in [0.4, 0.5) is 5.69 Å². The van der Waals surface area contributed by atoms with Gasteiger partial charge in [-0.1, -0.05) is 36.9 Å². The van der Waals surface area contributed by atoms with Crippen molar-refractivity contribution in [2.75, 3.05) is 5.32 Å². The number of halogens is 2. The first-order chi connectivity index (χ1) is 14.0. The molecule has 1 fully saturated rings. The summed E-state index contributed by atoms with van der Waals surface area (Å²) in [4.78, 5) is 18.5. The summed E-state index contributed by atoms with van der Waals surface area (Å²) in [5.41, 5.74) is 1.71. The van der Waals surface area contributed by atoms with E-state index in [9.17, 15) is 10.1 Å². The fourth-order valence-electron chi connectivity index (χ4n) is 4.01. The van der Waals surface area contributed by atoms with Crippen LogP contribution in [0.25, 0.3) is 10.2 Å². The molecular formula is C20H21BrClN3O2S2. The van der Waals surface area contributed by atoms with Crippen LogP contribution in [0.15, 0.2) is 28.1 Å². The van der Waals surface area contributed by atoms with E-state index < -0.39 is 6.04 Å². The second-order valence-corrected chi connectivity index (χ2v) is 10.6. The molecule has 1 saturated carbocycles. The lowest BCUT2D eigenvalue weighted by molar-refractivity contribution is -0.528. The normalized spacial score (nSPS) is 20.3. The van der Waals surface area contributed by atoms with E-state index in [2.05, 4.69) is 37.7 Å². The number of nitrogens with zero attached hydrogens (tertiary/aromatic N) is 2. The van der Waals surface area contributed by atoms with Crippen molar-refractivity contribution < 1.29 is 4.92 Å². The van der Waals surface area contributed by atoms with Crippen molar-refractivity contribution in [3.8, 4) is 0 Å². The SMILES string of the molecule is O=[N+]([O-])C1CCCCCCC1c1sc2c(NCc3cccs3)cc(Cl)nc2c1Br. The van der Waals surface area contributed by atoms with E-state index in [-0.39, 0.29) is 10.8 Å². The maximum absolute atomic E-state index is 11.8. The first-order valence-corrected chi connectivity index (χ1v) is 12.6. The van der Waals surface area contributed by atoms with Gasteiger partial charge in [0.1, 0.15) is 5.15 Å². The number of aromatic nitrogens is 1. The molecule has 0 radical (unpaired) electrons. The molecule has 3 heterocycles. The van der Waals surface area contributed by atoms with Crippen LogP contribution in [-0.4, -0.2) is 15.9 Å². The van der Waals surface area contributed by atoms with E-state index in [4.69, 9.17) is 11.6 Å². The third-order valence-electron chi connectivity index (χ3n) is 5.45. The first-order valence-electron chi connectivity index (χ1n) is 9.72. The third-order valence-corrected chi connectivity index (χ3v) is 8.93. The summed E-state index contributed by atoms with van der Waals surface area (Å²) in [6.45, 7) is 0.707. The molecular weight excluding hydrogens is 494 g/mol. The highest BCUT2D eigenvalue weighted by Crippen LogP contribution is 2.46. The Bertz CT molecular complexity index is 1010. The highest BCUT2D eigenvalue weighted by Gasteiger charge is 2.36. The van der Waals surface area contributed by atoms with Gasteiger partial charge in [-0.15, -0.1) is 22.7 Å². The number of hydrogen-bond acceptors (Lipinski definition) is 6. The van der Waals surface area contributed by atoms with Gasteiger partial charge in [-0.3, -0.25) is 10.1 Å². The summed E-state index contributed by atoms with van der Waals surface area (Å²) in [6, 6.07) is 5.41. The van der Waals surface area contributed by atoms with Crippen LogP contribution in [0.2, 0.25) is 5.15 Å². The zero-order chi connectivity index (χ0) is 20.4. The number of fused-ring (bicyclic) bond motifs is 1. The molecule has 29 heavy (non-hydrogen) atoms. The van der Waals surface area contributed by atoms with Crippen LogP contribution in [0.1, 0.15) is 54.2 Å². The zero-order valence-corrected chi connectivity index (χ0v) is 19.7. The summed E-state index contributed by atoms with van der Waals surface area (Å²) in [5, 5.41) is 17.8. The maximum atomic E-state index is 11.8. The Morgan fingerprint density at radius 2 is 2.10 bits per heavy atom. The summed E-state index contributed by atoms with van der Waals surface area (Å²) < 4.78 is 1.86. The Labute approximate surface area is 190 Å². The van der Waals surface area contributed by atoms with Crippen LogP contribution >= 0.6 is 50.2 Å². The van der Waals surface area contributed by atoms with Crippen molar-refractivity contribution >= 4 is 66.1 Å². The van der Waals surface area contributed by atoms with Gasteiger partial charge >= 0.3 is 0 Å². The third kappa shape index (κ3) is 4.60. The summed E-state index contributed by atoms with van der Waals surface area (Å²) in [6.07, 6.45) is 5.63. The summed E-state index contributed by atoms with van der Waals surface area (Å²) in [7, 11) is 0. The molecule has 0 amide bonds. The van der Waals surface area contributed by atoms with E-state index in [0.717, 1.165) is 57.4 Å². The largest absolute Gasteiger partial charge is 0.379 e. The number of hydrogen-bond donors (Lipinski definition) is 1. The highest BCUT2D eigenvalue weighted by atomic mass is 79.9. The van der Waals surface area contributed by atoms with Crippen LogP contribution < -0.4 is 5.32 Å². The highest BCUT2D eigenvalue weighted by molar-refractivity contribution is 9.10. The molecule has 1 aliphatic rings. The Morgan fingerprint density at radius 1 is 1.31 bits per heavy atom. The van der Waals surface area contributed by atoms with E-state index in [1.807, 2.05) is 12.1 Å². The van der Waals surface area contributed by atoms with Crippen molar-refractivity contribution in [1.82, 2.24) is 4.98 Å². The predicted molar refractivity (Wildman–Crippen MR) is 125 cm³/mol. The summed E-state index contributed by atoms with van der Waals surface area (Å²) in [5.74, 6) is -0.0946. The van der Waals surface area contributed by atoms with E-state index in [0.29, 0.717) is 18.1 Å². The minimum absolute atomic E-state index is 0.0802. The van der Waals surface area contributed by atoms with E-state index >= 15 is 0 Å². The number of nitro groups is 1. The van der Waals surface area contributed by atoms with E-state index in [1.165, 1.54) is 4.88 Å². The molecule has 5 nitrogen and oxygen atoms in total. The average molecular weight is 515 g/mol. The van der Waals surface area contributed by atoms with Gasteiger partial charge in [0.05, 0.1) is 26.3 Å². The number of anilines is 1. The van der Waals surface area contributed by atoms with Crippen molar-refractivity contribution in [3.63, 3.8) is 0 Å². The molecule has 2 unspecified atom stereocenters. The lowest BCUT2D eigenvalue weighted by Gasteiger charge is -2.22. The summed E-state index contributed by atoms with van der Waals surface area (Å²) >= 11 is 13.3. The molecule has 4 rings (SSSR count). The van der Waals surface area contributed by atoms with Gasteiger partial charge in [0, 0.05) is 33.7 Å². The molecule has 0 aromatic carbocycles. The van der Waals surface area contributed by atoms with E-state index in [1.54, 1.807) is 22.7 Å². The molecule has 154 valence electrons. The predicted octanol–water partition coefficient (Wildman–Crippen LogP) is 7.47. The molecule has 3 aromatic rings. The molecule has 1 N–H and O–H groups in total. The lowest BCUT2D eigenvalue weighted by Crippen LogP contribution is -2.28. The Balaban J connectivity index is 1.73. The first kappa shape index (κ1) is 21.0. The zero-order valence-electron chi connectivity index (χ0n) is 15.7. The van der Waals surface area contributed by atoms with Gasteiger partial charge in [0.25, 0.3) is 0 Å². The number of thiophene rings is 2. The maximum Gasteiger partial charge on any atom is 0.220 e. The molecule has 9 heteroatoms. The number of pyridine rings is 1. The Kier molecular flexibility index (Phi) is 6.73. The average Bonchev–Trinajstić information content (AvgIpc) is 3.28. The van der Waals surface area contributed by atoms with Gasteiger partial charge in [0.2, 0.25) is 6.04 Å². The monoisotopic (exact) mass is 513 g/mol. The van der Waals surface area contributed by atoms with Gasteiger partial charge in [-0.25, -0.2) is 4.98 Å². The van der Waals surface area contributed by atoms with Crippen LogP contribution in [0.3, 0.4) is 0 Å². The topological polar surface area (TPSA) is 68.1 Å². The standard InChI is InChI=1S/C20H21BrClN3O2S2/c21-17-18-20(14(10-16(22)24-18)23-11-12-6-5-9-28-12)29-19(17)13-7-3-1-2-4-8-15(13)25(26)27/h5-6,9-10,13,15H,1-4,7-8,11H2,(H,23,24). The minimum atomic E-state index is -0.544. The van der Waals surface area contributed by atoms with Crippen molar-refractivity contribution in [1.29, 1.82) is 0 Å². The molecule has 0 bridgehead atoms. The lowest BCUT2D eigenvalue weighted by atomic mass is 9.86. The number of nitrogens with one attached hydrogen (secondary N) is 1. The smallest absolute Gasteiger partial charge is 0.220 e.